The van der Waals surface area contributed by atoms with Gasteiger partial charge in [-0.15, -0.1) is 0 Å². The highest BCUT2D eigenvalue weighted by Gasteiger charge is 2.49. The molecule has 2 aliphatic heterocycles. The lowest BCUT2D eigenvalue weighted by Crippen LogP contribution is -2.43. The number of rotatable bonds is 4. The summed E-state index contributed by atoms with van der Waals surface area (Å²) < 4.78 is 20.2. The SMILES string of the molecule is CCC1=C(NC2C=CN=C3C=CC4CC4C32)CC(c2cc(Cl)ccc2F)C(OC)=N1. The number of halogens is 2. The molecule has 5 unspecified atom stereocenters. The molecule has 156 valence electrons. The molecule has 30 heavy (non-hydrogen) atoms. The Balaban J connectivity index is 1.46. The van der Waals surface area contributed by atoms with E-state index in [1.165, 1.54) is 12.5 Å². The van der Waals surface area contributed by atoms with E-state index in [4.69, 9.17) is 21.3 Å². The Labute approximate surface area is 181 Å². The Kier molecular flexibility index (Phi) is 5.02. The Morgan fingerprint density at radius 3 is 2.97 bits per heavy atom. The minimum absolute atomic E-state index is 0.165. The van der Waals surface area contributed by atoms with E-state index in [1.54, 1.807) is 19.2 Å². The number of hydrogen-bond acceptors (Lipinski definition) is 4. The predicted octanol–water partition coefficient (Wildman–Crippen LogP) is 5.38. The van der Waals surface area contributed by atoms with E-state index in [0.717, 1.165) is 23.5 Å². The standard InChI is InChI=1S/C24H25ClFN3O/c1-3-19-22(28-21-8-9-27-20-7-4-13-10-15(13)23(20)21)12-17(24(29-19)30-2)16-11-14(25)5-6-18(16)26/h4-9,11,13,15,17,21,23,28H,3,10,12H2,1-2H3. The molecule has 0 amide bonds. The Hall–Kier alpha value is -2.40. The first kappa shape index (κ1) is 19.6. The van der Waals surface area contributed by atoms with Crippen LogP contribution in [0.4, 0.5) is 4.39 Å². The number of aliphatic imine (C=N–C) groups is 2. The molecule has 1 aromatic rings. The number of allylic oxidation sites excluding steroid dienone is 4. The van der Waals surface area contributed by atoms with Crippen LogP contribution in [0.2, 0.25) is 5.02 Å². The van der Waals surface area contributed by atoms with Gasteiger partial charge in [-0.3, -0.25) is 4.99 Å². The summed E-state index contributed by atoms with van der Waals surface area (Å²) in [4.78, 5) is 9.36. The topological polar surface area (TPSA) is 46.0 Å². The van der Waals surface area contributed by atoms with Gasteiger partial charge in [0.25, 0.3) is 0 Å². The third-order valence-electron chi connectivity index (χ3n) is 6.63. The Morgan fingerprint density at radius 2 is 2.17 bits per heavy atom. The van der Waals surface area contributed by atoms with Gasteiger partial charge in [-0.1, -0.05) is 24.6 Å². The van der Waals surface area contributed by atoms with Gasteiger partial charge in [0, 0.05) is 40.5 Å². The summed E-state index contributed by atoms with van der Waals surface area (Å²) in [5, 5.41) is 4.26. The molecule has 4 aliphatic rings. The van der Waals surface area contributed by atoms with E-state index in [9.17, 15) is 4.39 Å². The maximum Gasteiger partial charge on any atom is 0.196 e. The normalized spacial score (nSPS) is 31.5. The lowest BCUT2D eigenvalue weighted by atomic mass is 9.83. The van der Waals surface area contributed by atoms with Crippen molar-refractivity contribution in [2.24, 2.45) is 27.7 Å². The summed E-state index contributed by atoms with van der Waals surface area (Å²) in [6, 6.07) is 4.82. The lowest BCUT2D eigenvalue weighted by molar-refractivity contribution is 0.370. The van der Waals surface area contributed by atoms with E-state index in [2.05, 4.69) is 35.5 Å². The van der Waals surface area contributed by atoms with Crippen LogP contribution >= 0.6 is 11.6 Å². The monoisotopic (exact) mass is 425 g/mol. The largest absolute Gasteiger partial charge is 0.484 e. The smallest absolute Gasteiger partial charge is 0.196 e. The van der Waals surface area contributed by atoms with E-state index >= 15 is 0 Å². The fraction of sp³-hybridized carbons (Fsp3) is 0.417. The third-order valence-corrected chi connectivity index (χ3v) is 6.87. The second-order valence-corrected chi connectivity index (χ2v) is 8.81. The molecule has 1 fully saturated rings. The fourth-order valence-corrected chi connectivity index (χ4v) is 5.20. The van der Waals surface area contributed by atoms with Crippen LogP contribution < -0.4 is 5.32 Å². The Morgan fingerprint density at radius 1 is 1.30 bits per heavy atom. The molecule has 1 N–H and O–H groups in total. The van der Waals surface area contributed by atoms with Gasteiger partial charge in [0.1, 0.15) is 5.82 Å². The van der Waals surface area contributed by atoms with E-state index in [-0.39, 0.29) is 17.8 Å². The van der Waals surface area contributed by atoms with Crippen molar-refractivity contribution in [2.75, 3.05) is 7.11 Å². The van der Waals surface area contributed by atoms with Crippen molar-refractivity contribution < 1.29 is 9.13 Å². The molecular weight excluding hydrogens is 401 g/mol. The highest BCUT2D eigenvalue weighted by Crippen LogP contribution is 2.51. The second kappa shape index (κ2) is 7.69. The summed E-state index contributed by atoms with van der Waals surface area (Å²) >= 11 is 6.17. The molecule has 2 heterocycles. The molecule has 2 aliphatic carbocycles. The number of fused-ring (bicyclic) bond motifs is 3. The molecule has 0 bridgehead atoms. The van der Waals surface area contributed by atoms with Gasteiger partial charge < -0.3 is 10.1 Å². The quantitative estimate of drug-likeness (QED) is 0.703. The molecule has 5 rings (SSSR count). The maximum absolute atomic E-state index is 14.7. The average molecular weight is 426 g/mol. The van der Waals surface area contributed by atoms with Crippen molar-refractivity contribution in [3.05, 3.63) is 70.4 Å². The summed E-state index contributed by atoms with van der Waals surface area (Å²) in [5.41, 5.74) is 3.68. The van der Waals surface area contributed by atoms with Crippen LogP contribution in [0.5, 0.6) is 0 Å². The first-order valence-corrected chi connectivity index (χ1v) is 11.0. The number of hydrogen-bond donors (Lipinski definition) is 1. The van der Waals surface area contributed by atoms with Gasteiger partial charge in [0.15, 0.2) is 5.90 Å². The number of nitrogens with zero attached hydrogens (tertiary/aromatic N) is 2. The average Bonchev–Trinajstić information content (AvgIpc) is 3.55. The van der Waals surface area contributed by atoms with Crippen LogP contribution in [0.15, 0.2) is 64.0 Å². The van der Waals surface area contributed by atoms with Gasteiger partial charge in [-0.25, -0.2) is 9.38 Å². The van der Waals surface area contributed by atoms with Gasteiger partial charge in [-0.05, 0) is 55.0 Å². The summed E-state index contributed by atoms with van der Waals surface area (Å²) in [7, 11) is 1.59. The van der Waals surface area contributed by atoms with Gasteiger partial charge in [0.05, 0.1) is 24.8 Å². The van der Waals surface area contributed by atoms with Crippen LogP contribution in [-0.4, -0.2) is 24.8 Å². The Bertz CT molecular complexity index is 1030. The summed E-state index contributed by atoms with van der Waals surface area (Å²) in [5.74, 6) is 1.64. The molecular formula is C24H25ClFN3O. The van der Waals surface area contributed by atoms with Crippen LogP contribution in [-0.2, 0) is 4.74 Å². The highest BCUT2D eigenvalue weighted by molar-refractivity contribution is 6.30. The zero-order valence-corrected chi connectivity index (χ0v) is 17.9. The number of benzene rings is 1. The van der Waals surface area contributed by atoms with Crippen molar-refractivity contribution in [2.45, 2.75) is 38.1 Å². The summed E-state index contributed by atoms with van der Waals surface area (Å²) in [6.07, 6.45) is 11.1. The van der Waals surface area contributed by atoms with E-state index < -0.39 is 0 Å². The van der Waals surface area contributed by atoms with Crippen molar-refractivity contribution in [3.63, 3.8) is 0 Å². The van der Waals surface area contributed by atoms with Crippen molar-refractivity contribution in [1.82, 2.24) is 5.32 Å². The zero-order chi connectivity index (χ0) is 20.8. The first-order valence-electron chi connectivity index (χ1n) is 10.6. The minimum atomic E-state index is -0.313. The first-order chi connectivity index (χ1) is 14.6. The number of nitrogens with one attached hydrogen (secondary N) is 1. The fourth-order valence-electron chi connectivity index (χ4n) is 5.02. The van der Waals surface area contributed by atoms with Crippen LogP contribution in [0.25, 0.3) is 0 Å². The van der Waals surface area contributed by atoms with Crippen molar-refractivity contribution >= 4 is 23.2 Å². The number of methoxy groups -OCH3 is 1. The molecule has 1 saturated carbocycles. The highest BCUT2D eigenvalue weighted by atomic mass is 35.5. The molecule has 1 aromatic carbocycles. The van der Waals surface area contributed by atoms with Gasteiger partial charge >= 0.3 is 0 Å². The molecule has 6 heteroatoms. The molecule has 0 aromatic heterocycles. The van der Waals surface area contributed by atoms with Gasteiger partial charge in [-0.2, -0.15) is 0 Å². The molecule has 0 radical (unpaired) electrons. The second-order valence-electron chi connectivity index (χ2n) is 8.37. The van der Waals surface area contributed by atoms with Crippen LogP contribution in [0, 0.1) is 23.6 Å². The zero-order valence-electron chi connectivity index (χ0n) is 17.1. The van der Waals surface area contributed by atoms with Crippen LogP contribution in [0.1, 0.15) is 37.7 Å². The number of ether oxygens (including phenoxy) is 1. The maximum atomic E-state index is 14.7. The van der Waals surface area contributed by atoms with Crippen molar-refractivity contribution in [3.8, 4) is 0 Å². The lowest BCUT2D eigenvalue weighted by Gasteiger charge is -2.34. The molecule has 4 nitrogen and oxygen atoms in total. The van der Waals surface area contributed by atoms with E-state index in [1.807, 2.05) is 6.20 Å². The van der Waals surface area contributed by atoms with Crippen LogP contribution in [0.3, 0.4) is 0 Å². The van der Waals surface area contributed by atoms with Crippen molar-refractivity contribution in [1.29, 1.82) is 0 Å². The molecule has 0 saturated heterocycles. The third kappa shape index (κ3) is 3.39. The molecule has 0 spiro atoms. The van der Waals surface area contributed by atoms with E-state index in [0.29, 0.717) is 40.7 Å². The molecule has 5 atom stereocenters. The predicted molar refractivity (Wildman–Crippen MR) is 118 cm³/mol. The minimum Gasteiger partial charge on any atom is -0.484 e. The summed E-state index contributed by atoms with van der Waals surface area (Å²) in [6.45, 7) is 2.08. The van der Waals surface area contributed by atoms with Gasteiger partial charge in [0.2, 0.25) is 0 Å².